The van der Waals surface area contributed by atoms with Crippen LogP contribution in [0.4, 0.5) is 10.1 Å². The molecule has 0 spiro atoms. The molecule has 2 heterocycles. The summed E-state index contributed by atoms with van der Waals surface area (Å²) < 4.78 is 19.9. The average Bonchev–Trinajstić information content (AvgIpc) is 2.67. The quantitative estimate of drug-likeness (QED) is 0.813. The number of amides is 1. The first-order valence-corrected chi connectivity index (χ1v) is 9.03. The van der Waals surface area contributed by atoms with Crippen LogP contribution in [0.25, 0.3) is 0 Å². The van der Waals surface area contributed by atoms with Gasteiger partial charge in [0.25, 0.3) is 5.91 Å². The van der Waals surface area contributed by atoms with Crippen LogP contribution >= 0.6 is 0 Å². The Morgan fingerprint density at radius 2 is 2.16 bits per heavy atom. The van der Waals surface area contributed by atoms with E-state index in [1.54, 1.807) is 6.07 Å². The molecule has 1 aromatic carbocycles. The fraction of sp³-hybridized carbons (Fsp3) is 0.611. The third kappa shape index (κ3) is 4.68. The van der Waals surface area contributed by atoms with Gasteiger partial charge in [-0.2, -0.15) is 0 Å². The number of nitrogens with one attached hydrogen (secondary N) is 2. The lowest BCUT2D eigenvalue weighted by Crippen LogP contribution is -2.49. The summed E-state index contributed by atoms with van der Waals surface area (Å²) in [5.41, 5.74) is 1.39. The van der Waals surface area contributed by atoms with E-state index in [4.69, 9.17) is 4.74 Å². The van der Waals surface area contributed by atoms with Crippen LogP contribution in [-0.4, -0.2) is 69.3 Å². The van der Waals surface area contributed by atoms with Crippen molar-refractivity contribution in [3.8, 4) is 0 Å². The maximum absolute atomic E-state index is 14.4. The first-order valence-electron chi connectivity index (χ1n) is 9.03. The lowest BCUT2D eigenvalue weighted by atomic mass is 10.1. The molecule has 138 valence electrons. The molecule has 7 heteroatoms. The van der Waals surface area contributed by atoms with Crippen LogP contribution in [0.5, 0.6) is 0 Å². The number of rotatable bonds is 5. The Kier molecular flexibility index (Phi) is 6.23. The number of hydrogen-bond donors (Lipinski definition) is 2. The fourth-order valence-corrected chi connectivity index (χ4v) is 3.27. The lowest BCUT2D eigenvalue weighted by Gasteiger charge is -2.31. The first kappa shape index (κ1) is 18.1. The Morgan fingerprint density at radius 3 is 2.88 bits per heavy atom. The summed E-state index contributed by atoms with van der Waals surface area (Å²) in [7, 11) is 0. The highest BCUT2D eigenvalue weighted by Crippen LogP contribution is 2.21. The fourth-order valence-electron chi connectivity index (χ4n) is 3.27. The molecule has 2 aliphatic heterocycles. The van der Waals surface area contributed by atoms with Crippen molar-refractivity contribution in [3.05, 3.63) is 29.6 Å². The van der Waals surface area contributed by atoms with Crippen molar-refractivity contribution >= 4 is 11.6 Å². The summed E-state index contributed by atoms with van der Waals surface area (Å²) in [6.45, 7) is 8.68. The maximum Gasteiger partial charge on any atom is 0.250 e. The third-order valence-corrected chi connectivity index (χ3v) is 4.83. The minimum atomic E-state index is -0.446. The first-order chi connectivity index (χ1) is 12.2. The van der Waals surface area contributed by atoms with Crippen LogP contribution in [0.3, 0.4) is 0 Å². The highest BCUT2D eigenvalue weighted by Gasteiger charge is 2.25. The van der Waals surface area contributed by atoms with Crippen molar-refractivity contribution in [2.45, 2.75) is 19.6 Å². The summed E-state index contributed by atoms with van der Waals surface area (Å²) >= 11 is 0. The van der Waals surface area contributed by atoms with Crippen molar-refractivity contribution < 1.29 is 13.9 Å². The van der Waals surface area contributed by atoms with Crippen LogP contribution in [0.15, 0.2) is 18.2 Å². The van der Waals surface area contributed by atoms with Gasteiger partial charge in [-0.15, -0.1) is 0 Å². The average molecular weight is 350 g/mol. The number of piperazine rings is 1. The van der Waals surface area contributed by atoms with Crippen molar-refractivity contribution in [1.29, 1.82) is 0 Å². The van der Waals surface area contributed by atoms with E-state index in [9.17, 15) is 9.18 Å². The molecule has 1 amide bonds. The van der Waals surface area contributed by atoms with Gasteiger partial charge in [0, 0.05) is 45.8 Å². The molecule has 6 nitrogen and oxygen atoms in total. The second kappa shape index (κ2) is 8.60. The van der Waals surface area contributed by atoms with Gasteiger partial charge in [-0.1, -0.05) is 13.0 Å². The molecular weight excluding hydrogens is 323 g/mol. The van der Waals surface area contributed by atoms with Crippen molar-refractivity contribution in [1.82, 2.24) is 15.5 Å². The van der Waals surface area contributed by atoms with Gasteiger partial charge in [-0.3, -0.25) is 9.69 Å². The number of carbonyl (C=O) groups is 1. The maximum atomic E-state index is 14.4. The van der Waals surface area contributed by atoms with Gasteiger partial charge in [0.1, 0.15) is 11.9 Å². The molecule has 2 fully saturated rings. The monoisotopic (exact) mass is 350 g/mol. The topological polar surface area (TPSA) is 56.8 Å². The molecule has 3 rings (SSSR count). The minimum absolute atomic E-state index is 0.135. The van der Waals surface area contributed by atoms with Gasteiger partial charge in [0.2, 0.25) is 0 Å². The molecule has 0 radical (unpaired) electrons. The van der Waals surface area contributed by atoms with Crippen molar-refractivity contribution in [2.24, 2.45) is 0 Å². The van der Waals surface area contributed by atoms with Gasteiger partial charge in [0.05, 0.1) is 12.3 Å². The molecule has 2 saturated heterocycles. The molecule has 2 N–H and O–H groups in total. The summed E-state index contributed by atoms with van der Waals surface area (Å²) in [5.74, 6) is -0.371. The lowest BCUT2D eigenvalue weighted by molar-refractivity contribution is -0.138. The highest BCUT2D eigenvalue weighted by molar-refractivity contribution is 5.81. The number of nitrogens with zero attached hydrogens (tertiary/aromatic N) is 2. The Morgan fingerprint density at radius 1 is 1.36 bits per heavy atom. The largest absolute Gasteiger partial charge is 0.367 e. The van der Waals surface area contributed by atoms with E-state index in [-0.39, 0.29) is 11.7 Å². The second-order valence-corrected chi connectivity index (χ2v) is 6.49. The molecular formula is C18H27FN4O2. The molecule has 0 aromatic heterocycles. The van der Waals surface area contributed by atoms with Gasteiger partial charge in [-0.05, 0) is 24.2 Å². The predicted octanol–water partition coefficient (Wildman–Crippen LogP) is 0.572. The number of likely N-dealkylation sites (N-methyl/N-ethyl adjacent to an activating group) is 1. The number of hydrogen-bond acceptors (Lipinski definition) is 5. The van der Waals surface area contributed by atoms with E-state index in [0.29, 0.717) is 25.4 Å². The zero-order chi connectivity index (χ0) is 17.6. The number of anilines is 1. The van der Waals surface area contributed by atoms with E-state index >= 15 is 0 Å². The van der Waals surface area contributed by atoms with Crippen LogP contribution < -0.4 is 15.5 Å². The number of carbonyl (C=O) groups excluding carboxylic acids is 1. The van der Waals surface area contributed by atoms with Crippen LogP contribution in [0.1, 0.15) is 12.5 Å². The normalized spacial score (nSPS) is 22.0. The van der Waals surface area contributed by atoms with Crippen LogP contribution in [-0.2, 0) is 16.1 Å². The molecule has 0 saturated carbocycles. The van der Waals surface area contributed by atoms with Gasteiger partial charge < -0.3 is 20.3 Å². The van der Waals surface area contributed by atoms with E-state index in [0.717, 1.165) is 44.8 Å². The van der Waals surface area contributed by atoms with E-state index in [1.807, 2.05) is 11.0 Å². The smallest absolute Gasteiger partial charge is 0.250 e. The van der Waals surface area contributed by atoms with Crippen molar-refractivity contribution in [3.63, 3.8) is 0 Å². The van der Waals surface area contributed by atoms with Gasteiger partial charge >= 0.3 is 0 Å². The Bertz CT molecular complexity index is 592. The van der Waals surface area contributed by atoms with E-state index in [1.165, 1.54) is 6.07 Å². The standard InChI is InChI=1S/C18H27FN4O2/c1-2-22-9-10-25-17(13-22)18(24)21-12-14-3-4-16(15(19)11-14)23-7-5-20-6-8-23/h3-4,11,17,20H,2,5-10,12-13H2,1H3,(H,21,24)/t17-/m0/s1. The number of benzene rings is 1. The molecule has 1 atom stereocenters. The van der Waals surface area contributed by atoms with E-state index in [2.05, 4.69) is 22.5 Å². The zero-order valence-electron chi connectivity index (χ0n) is 14.8. The molecule has 0 bridgehead atoms. The molecule has 0 unspecified atom stereocenters. The Hall–Kier alpha value is -1.70. The number of morpholine rings is 1. The second-order valence-electron chi connectivity index (χ2n) is 6.49. The SMILES string of the molecule is CCN1CCO[C@H](C(=O)NCc2ccc(N3CCNCC3)c(F)c2)C1. The van der Waals surface area contributed by atoms with E-state index < -0.39 is 6.10 Å². The highest BCUT2D eigenvalue weighted by atomic mass is 19.1. The molecule has 2 aliphatic rings. The van der Waals surface area contributed by atoms with Crippen LogP contribution in [0.2, 0.25) is 0 Å². The summed E-state index contributed by atoms with van der Waals surface area (Å²) in [5, 5.41) is 6.12. The predicted molar refractivity (Wildman–Crippen MR) is 95.2 cm³/mol. The minimum Gasteiger partial charge on any atom is -0.367 e. The molecule has 25 heavy (non-hydrogen) atoms. The summed E-state index contributed by atoms with van der Waals surface area (Å²) in [6.07, 6.45) is -0.446. The zero-order valence-corrected chi connectivity index (χ0v) is 14.8. The Labute approximate surface area is 148 Å². The van der Waals surface area contributed by atoms with Crippen molar-refractivity contribution in [2.75, 3.05) is 57.3 Å². The summed E-state index contributed by atoms with van der Waals surface area (Å²) in [6, 6.07) is 5.19. The molecule has 1 aromatic rings. The van der Waals surface area contributed by atoms with Gasteiger partial charge in [0.15, 0.2) is 0 Å². The number of halogens is 1. The van der Waals surface area contributed by atoms with Gasteiger partial charge in [-0.25, -0.2) is 4.39 Å². The number of ether oxygens (including phenoxy) is 1. The molecule has 0 aliphatic carbocycles. The van der Waals surface area contributed by atoms with Crippen LogP contribution in [0, 0.1) is 5.82 Å². The Balaban J connectivity index is 1.54. The third-order valence-electron chi connectivity index (χ3n) is 4.83. The summed E-state index contributed by atoms with van der Waals surface area (Å²) in [4.78, 5) is 16.5.